The van der Waals surface area contributed by atoms with E-state index in [0.717, 1.165) is 31.2 Å². The Hall–Kier alpha value is -3.35. The molecular formula is C36H45F3O8. The zero-order valence-corrected chi connectivity index (χ0v) is 27.6. The molecule has 1 heterocycles. The second-order valence-electron chi connectivity index (χ2n) is 11.9. The summed E-state index contributed by atoms with van der Waals surface area (Å²) in [6.45, 7) is 5.30. The molecule has 2 saturated carbocycles. The first-order chi connectivity index (χ1) is 22.4. The molecule has 0 spiro atoms. The minimum atomic E-state index is -0.657. The molecule has 0 aromatic heterocycles. The second-order valence-corrected chi connectivity index (χ2v) is 11.9. The van der Waals surface area contributed by atoms with Gasteiger partial charge in [-0.2, -0.15) is 0 Å². The lowest BCUT2D eigenvalue weighted by molar-refractivity contribution is -0.0413. The number of hydrogen-bond donors (Lipinski definition) is 2. The van der Waals surface area contributed by atoms with Crippen LogP contribution in [0.4, 0.5) is 13.2 Å². The molecule has 0 unspecified atom stereocenters. The van der Waals surface area contributed by atoms with E-state index in [2.05, 4.69) is 0 Å². The zero-order valence-electron chi connectivity index (χ0n) is 27.6. The molecule has 0 bridgehead atoms. The van der Waals surface area contributed by atoms with Gasteiger partial charge in [0.15, 0.2) is 0 Å². The van der Waals surface area contributed by atoms with Crippen molar-refractivity contribution in [2.45, 2.75) is 95.3 Å². The molecule has 1 aliphatic heterocycles. The van der Waals surface area contributed by atoms with Crippen molar-refractivity contribution >= 4 is 0 Å². The van der Waals surface area contributed by atoms with Crippen LogP contribution in [0.3, 0.4) is 0 Å². The van der Waals surface area contributed by atoms with Gasteiger partial charge in [0.25, 0.3) is 0 Å². The van der Waals surface area contributed by atoms with Crippen molar-refractivity contribution in [2.75, 3.05) is 21.3 Å². The Morgan fingerprint density at radius 1 is 0.638 bits per heavy atom. The Morgan fingerprint density at radius 2 is 1.00 bits per heavy atom. The van der Waals surface area contributed by atoms with Crippen molar-refractivity contribution in [3.8, 4) is 17.2 Å². The number of methoxy groups -OCH3 is 3. The highest BCUT2D eigenvalue weighted by Crippen LogP contribution is 2.42. The normalized spacial score (nSPS) is 20.7. The lowest BCUT2D eigenvalue weighted by Crippen LogP contribution is -2.19. The smallest absolute Gasteiger partial charge is 0.127 e. The number of hydrogen-bond acceptors (Lipinski definition) is 8. The fourth-order valence-electron chi connectivity index (χ4n) is 4.99. The second kappa shape index (κ2) is 16.7. The predicted octanol–water partition coefficient (Wildman–Crippen LogP) is 7.16. The third-order valence-corrected chi connectivity index (χ3v) is 7.82. The quantitative estimate of drug-likeness (QED) is 0.197. The highest BCUT2D eigenvalue weighted by atomic mass is 19.1. The van der Waals surface area contributed by atoms with Gasteiger partial charge in [0.05, 0.1) is 51.8 Å². The molecule has 3 aromatic rings. The summed E-state index contributed by atoms with van der Waals surface area (Å²) in [4.78, 5) is 0. The number of aliphatic hydroxyl groups excluding tert-OH is 2. The van der Waals surface area contributed by atoms with E-state index in [1.807, 2.05) is 6.92 Å². The minimum absolute atomic E-state index is 0.0792. The first kappa shape index (κ1) is 36.5. The summed E-state index contributed by atoms with van der Waals surface area (Å²) < 4.78 is 71.0. The van der Waals surface area contributed by atoms with E-state index in [9.17, 15) is 23.4 Å². The van der Waals surface area contributed by atoms with Crippen molar-refractivity contribution in [1.29, 1.82) is 0 Å². The molecule has 0 amide bonds. The first-order valence-electron chi connectivity index (χ1n) is 15.8. The third-order valence-electron chi connectivity index (χ3n) is 7.82. The average Bonchev–Trinajstić information content (AvgIpc) is 3.92. The summed E-state index contributed by atoms with van der Waals surface area (Å²) in [5, 5.41) is 19.5. The number of rotatable bonds is 12. The van der Waals surface area contributed by atoms with E-state index in [0.29, 0.717) is 28.4 Å². The molecule has 2 aliphatic carbocycles. The molecule has 8 nitrogen and oxygen atoms in total. The summed E-state index contributed by atoms with van der Waals surface area (Å²) in [5.74, 6) is 0.388. The monoisotopic (exact) mass is 662 g/mol. The fraction of sp³-hybridized carbons (Fsp3) is 0.500. The maximum absolute atomic E-state index is 13.1. The summed E-state index contributed by atoms with van der Waals surface area (Å²) >= 11 is 0. The molecule has 6 atom stereocenters. The van der Waals surface area contributed by atoms with E-state index in [-0.39, 0.29) is 41.9 Å². The molecule has 0 radical (unpaired) electrons. The fourth-order valence-corrected chi connectivity index (χ4v) is 4.99. The van der Waals surface area contributed by atoms with E-state index < -0.39 is 24.4 Å². The average molecular weight is 663 g/mol. The lowest BCUT2D eigenvalue weighted by atomic mass is 10.0. The van der Waals surface area contributed by atoms with Gasteiger partial charge in [-0.3, -0.25) is 0 Å². The van der Waals surface area contributed by atoms with Gasteiger partial charge >= 0.3 is 0 Å². The molecule has 3 aliphatic rings. The van der Waals surface area contributed by atoms with E-state index in [4.69, 9.17) is 28.4 Å². The van der Waals surface area contributed by atoms with Crippen LogP contribution in [0, 0.1) is 17.5 Å². The molecule has 47 heavy (non-hydrogen) atoms. The largest absolute Gasteiger partial charge is 0.496 e. The Balaban J connectivity index is 0.000000161. The van der Waals surface area contributed by atoms with Gasteiger partial charge in [-0.05, 0) is 82.9 Å². The third kappa shape index (κ3) is 10.6. The maximum atomic E-state index is 13.1. The number of ether oxygens (including phenoxy) is 6. The van der Waals surface area contributed by atoms with Crippen LogP contribution in [0.25, 0.3) is 0 Å². The van der Waals surface area contributed by atoms with Crippen LogP contribution >= 0.6 is 0 Å². The standard InChI is InChI=1S/2C13H17FO3.C10H11FO2/c2*1-8(15)13(17-10-4-5-10)11-6-3-9(14)7-12(11)16-2;1-6-10(13-6)8-4-3-7(11)5-9(8)12-2/h2*3,6-8,10,13,15H,4-5H2,1-2H3;3-6,10H,1-2H3/t8-,13+;8-,13-;6-,10+/m000/s1. The van der Waals surface area contributed by atoms with Gasteiger partial charge in [0.1, 0.15) is 53.0 Å². The van der Waals surface area contributed by atoms with Crippen LogP contribution < -0.4 is 14.2 Å². The van der Waals surface area contributed by atoms with Crippen LogP contribution in [-0.2, 0) is 14.2 Å². The molecule has 2 N–H and O–H groups in total. The Bertz CT molecular complexity index is 1370. The van der Waals surface area contributed by atoms with Crippen LogP contribution in [0.2, 0.25) is 0 Å². The molecule has 3 aromatic carbocycles. The highest BCUT2D eigenvalue weighted by molar-refractivity contribution is 5.39. The maximum Gasteiger partial charge on any atom is 0.127 e. The number of aliphatic hydroxyl groups is 2. The highest BCUT2D eigenvalue weighted by Gasteiger charge is 2.38. The molecule has 11 heteroatoms. The van der Waals surface area contributed by atoms with Gasteiger partial charge in [0.2, 0.25) is 0 Å². The molecule has 3 fully saturated rings. The van der Waals surface area contributed by atoms with Crippen molar-refractivity contribution < 1.29 is 51.8 Å². The van der Waals surface area contributed by atoms with Gasteiger partial charge in [-0.15, -0.1) is 0 Å². The van der Waals surface area contributed by atoms with Gasteiger partial charge in [-0.1, -0.05) is 0 Å². The molecule has 1 saturated heterocycles. The summed E-state index contributed by atoms with van der Waals surface area (Å²) in [6.07, 6.45) is 2.57. The van der Waals surface area contributed by atoms with Crippen molar-refractivity contribution in [3.63, 3.8) is 0 Å². The molecular weight excluding hydrogens is 617 g/mol. The van der Waals surface area contributed by atoms with Crippen molar-refractivity contribution in [1.82, 2.24) is 0 Å². The molecule has 6 rings (SSSR count). The van der Waals surface area contributed by atoms with Crippen LogP contribution in [0.1, 0.15) is 81.5 Å². The topological polar surface area (TPSA) is 99.1 Å². The SMILES string of the molecule is COc1cc(F)ccc1[C@@H](OC1CC1)[C@H](C)O.COc1cc(F)ccc1[C@@H]1O[C@H]1C.COc1cc(F)ccc1[C@H](OC1CC1)[C@H](C)O. The predicted molar refractivity (Wildman–Crippen MR) is 169 cm³/mol. The van der Waals surface area contributed by atoms with E-state index in [1.54, 1.807) is 32.0 Å². The number of benzene rings is 3. The van der Waals surface area contributed by atoms with E-state index in [1.165, 1.54) is 57.7 Å². The number of epoxide rings is 1. The van der Waals surface area contributed by atoms with Gasteiger partial charge in [-0.25, -0.2) is 13.2 Å². The van der Waals surface area contributed by atoms with E-state index >= 15 is 0 Å². The van der Waals surface area contributed by atoms with Gasteiger partial charge < -0.3 is 38.6 Å². The Labute approximate surface area is 274 Å². The Morgan fingerprint density at radius 3 is 1.32 bits per heavy atom. The zero-order chi connectivity index (χ0) is 34.2. The van der Waals surface area contributed by atoms with Crippen molar-refractivity contribution in [2.24, 2.45) is 0 Å². The van der Waals surface area contributed by atoms with Crippen LogP contribution in [0.5, 0.6) is 17.2 Å². The van der Waals surface area contributed by atoms with Crippen LogP contribution in [-0.4, -0.2) is 62.1 Å². The minimum Gasteiger partial charge on any atom is -0.496 e. The first-order valence-corrected chi connectivity index (χ1v) is 15.8. The van der Waals surface area contributed by atoms with Crippen LogP contribution in [0.15, 0.2) is 54.6 Å². The Kier molecular flexibility index (Phi) is 12.9. The number of halogens is 3. The lowest BCUT2D eigenvalue weighted by Gasteiger charge is -2.23. The summed E-state index contributed by atoms with van der Waals surface area (Å²) in [6, 6.07) is 13.0. The summed E-state index contributed by atoms with van der Waals surface area (Å²) in [7, 11) is 4.49. The summed E-state index contributed by atoms with van der Waals surface area (Å²) in [5.41, 5.74) is 2.31. The van der Waals surface area contributed by atoms with Crippen molar-refractivity contribution in [3.05, 3.63) is 88.7 Å². The van der Waals surface area contributed by atoms with Gasteiger partial charge in [0, 0.05) is 34.9 Å². The molecule has 258 valence electrons.